The Morgan fingerprint density at radius 3 is 2.22 bits per heavy atom. The molecule has 0 fully saturated rings. The van der Waals surface area contributed by atoms with Gasteiger partial charge in [0.15, 0.2) is 0 Å². The first-order valence-corrected chi connectivity index (χ1v) is 9.29. The average molecular weight is 386 g/mol. The average Bonchev–Trinajstić information content (AvgIpc) is 2.48. The largest absolute Gasteiger partial charge is 0.444 e. The molecule has 156 valence electrons. The van der Waals surface area contributed by atoms with E-state index in [1.807, 2.05) is 27.7 Å². The lowest BCUT2D eigenvalue weighted by molar-refractivity contribution is 0.0220. The van der Waals surface area contributed by atoms with Gasteiger partial charge in [0.25, 0.3) is 0 Å². The molecule has 0 aliphatic heterocycles. The molecule has 0 aliphatic rings. The van der Waals surface area contributed by atoms with Crippen LogP contribution in [0.25, 0.3) is 10.4 Å². The summed E-state index contributed by atoms with van der Waals surface area (Å²) in [6.07, 6.45) is 0.515. The van der Waals surface area contributed by atoms with Gasteiger partial charge in [0.05, 0.1) is 0 Å². The van der Waals surface area contributed by atoms with Crippen LogP contribution in [0.5, 0.6) is 0 Å². The lowest BCUT2D eigenvalue weighted by atomic mass is 10.1. The highest BCUT2D eigenvalue weighted by molar-refractivity contribution is 5.68. The molecular weight excluding hydrogens is 350 g/mol. The van der Waals surface area contributed by atoms with Gasteiger partial charge in [0, 0.05) is 31.1 Å². The van der Waals surface area contributed by atoms with Crippen LogP contribution in [0.1, 0.15) is 61.3 Å². The number of hydrogen-bond acceptors (Lipinski definition) is 5. The lowest BCUT2D eigenvalue weighted by Crippen LogP contribution is -2.42. The van der Waals surface area contributed by atoms with E-state index in [1.165, 1.54) is 0 Å². The van der Waals surface area contributed by atoms with Crippen molar-refractivity contribution in [3.63, 3.8) is 0 Å². The van der Waals surface area contributed by atoms with Crippen LogP contribution < -0.4 is 5.32 Å². The summed E-state index contributed by atoms with van der Waals surface area (Å²) in [5.41, 5.74) is 7.17. The van der Waals surface area contributed by atoms with Crippen molar-refractivity contribution in [3.8, 4) is 0 Å². The number of carbonyl (C=O) groups is 2. The van der Waals surface area contributed by atoms with Crippen LogP contribution in [0.2, 0.25) is 0 Å². The molecule has 0 aromatic carbocycles. The van der Waals surface area contributed by atoms with Gasteiger partial charge in [-0.15, -0.1) is 0 Å². The predicted molar refractivity (Wildman–Crippen MR) is 104 cm³/mol. The molecule has 0 radical (unpaired) electrons. The maximum absolute atomic E-state index is 12.4. The predicted octanol–water partition coefficient (Wildman–Crippen LogP) is 4.47. The first kappa shape index (κ1) is 24.8. The maximum atomic E-state index is 12.4. The van der Waals surface area contributed by atoms with Gasteiger partial charge in [-0.25, -0.2) is 9.59 Å². The van der Waals surface area contributed by atoms with Crippen molar-refractivity contribution >= 4 is 12.2 Å². The second-order valence-corrected chi connectivity index (χ2v) is 8.58. The van der Waals surface area contributed by atoms with E-state index in [0.29, 0.717) is 39.0 Å². The molecule has 0 saturated carbocycles. The number of rotatable bonds is 9. The van der Waals surface area contributed by atoms with Crippen LogP contribution in [0.15, 0.2) is 5.11 Å². The van der Waals surface area contributed by atoms with E-state index >= 15 is 0 Å². The van der Waals surface area contributed by atoms with Crippen molar-refractivity contribution in [3.05, 3.63) is 10.4 Å². The van der Waals surface area contributed by atoms with E-state index in [-0.39, 0.29) is 5.92 Å². The Bertz CT molecular complexity index is 519. The first-order valence-electron chi connectivity index (χ1n) is 9.29. The fraction of sp³-hybridized carbons (Fsp3) is 0.889. The Labute approximate surface area is 162 Å². The highest BCUT2D eigenvalue weighted by atomic mass is 16.6. The summed E-state index contributed by atoms with van der Waals surface area (Å²) in [7, 11) is 0. The molecule has 0 spiro atoms. The van der Waals surface area contributed by atoms with Crippen LogP contribution in [0.4, 0.5) is 9.59 Å². The van der Waals surface area contributed by atoms with Gasteiger partial charge in [-0.1, -0.05) is 12.0 Å². The zero-order valence-electron chi connectivity index (χ0n) is 17.7. The van der Waals surface area contributed by atoms with E-state index in [4.69, 9.17) is 15.0 Å². The smallest absolute Gasteiger partial charge is 0.410 e. The van der Waals surface area contributed by atoms with Crippen molar-refractivity contribution < 1.29 is 19.1 Å². The monoisotopic (exact) mass is 385 g/mol. The minimum atomic E-state index is -0.585. The van der Waals surface area contributed by atoms with Gasteiger partial charge in [-0.3, -0.25) is 0 Å². The highest BCUT2D eigenvalue weighted by Crippen LogP contribution is 2.12. The van der Waals surface area contributed by atoms with Crippen molar-refractivity contribution in [2.24, 2.45) is 11.0 Å². The third-order valence-corrected chi connectivity index (χ3v) is 3.18. The minimum Gasteiger partial charge on any atom is -0.444 e. The Morgan fingerprint density at radius 2 is 1.70 bits per heavy atom. The molecule has 0 aromatic heterocycles. The molecule has 1 atom stereocenters. The Morgan fingerprint density at radius 1 is 1.11 bits per heavy atom. The zero-order chi connectivity index (χ0) is 21.1. The normalized spacial score (nSPS) is 12.6. The standard InChI is InChI=1S/C18H35N5O4/c1-14(12-20-15(24)26-17(2,3)4)13-23(11-9-8-10-21-22-19)16(25)27-18(5,6)7/h14H,8-13H2,1-7H3,(H,20,24). The summed E-state index contributed by atoms with van der Waals surface area (Å²) in [6, 6.07) is 0. The molecule has 0 rings (SSSR count). The van der Waals surface area contributed by atoms with E-state index in [0.717, 1.165) is 0 Å². The number of alkyl carbamates (subject to hydrolysis) is 1. The van der Waals surface area contributed by atoms with Gasteiger partial charge in [0.1, 0.15) is 11.2 Å². The Balaban J connectivity index is 4.63. The molecule has 2 amide bonds. The summed E-state index contributed by atoms with van der Waals surface area (Å²) >= 11 is 0. The zero-order valence-corrected chi connectivity index (χ0v) is 17.7. The second-order valence-electron chi connectivity index (χ2n) is 8.58. The number of hydrogen-bond donors (Lipinski definition) is 1. The quantitative estimate of drug-likeness (QED) is 0.272. The molecule has 1 N–H and O–H groups in total. The fourth-order valence-electron chi connectivity index (χ4n) is 2.13. The van der Waals surface area contributed by atoms with Crippen LogP contribution in [0.3, 0.4) is 0 Å². The first-order chi connectivity index (χ1) is 12.3. The molecule has 0 bridgehead atoms. The highest BCUT2D eigenvalue weighted by Gasteiger charge is 2.24. The molecule has 0 heterocycles. The molecule has 27 heavy (non-hydrogen) atoms. The molecule has 1 unspecified atom stereocenters. The molecule has 0 saturated heterocycles. The lowest BCUT2D eigenvalue weighted by Gasteiger charge is -2.29. The van der Waals surface area contributed by atoms with Crippen molar-refractivity contribution in [2.75, 3.05) is 26.2 Å². The Kier molecular flexibility index (Phi) is 10.6. The third kappa shape index (κ3) is 14.7. The van der Waals surface area contributed by atoms with Gasteiger partial charge >= 0.3 is 12.2 Å². The number of amides is 2. The number of carbonyl (C=O) groups excluding carboxylic acids is 2. The number of unbranched alkanes of at least 4 members (excludes halogenated alkanes) is 1. The fourth-order valence-corrected chi connectivity index (χ4v) is 2.13. The topological polar surface area (TPSA) is 117 Å². The summed E-state index contributed by atoms with van der Waals surface area (Å²) in [4.78, 5) is 28.6. The summed E-state index contributed by atoms with van der Waals surface area (Å²) in [6.45, 7) is 14.5. The van der Waals surface area contributed by atoms with Crippen LogP contribution in [-0.4, -0.2) is 54.5 Å². The van der Waals surface area contributed by atoms with E-state index < -0.39 is 23.4 Å². The molecule has 9 heteroatoms. The molecule has 9 nitrogen and oxygen atoms in total. The van der Waals surface area contributed by atoms with Gasteiger partial charge in [-0.2, -0.15) is 0 Å². The summed E-state index contributed by atoms with van der Waals surface area (Å²) < 4.78 is 10.7. The van der Waals surface area contributed by atoms with Crippen molar-refractivity contribution in [2.45, 2.75) is 72.5 Å². The number of azide groups is 1. The summed E-state index contributed by atoms with van der Waals surface area (Å²) in [5.74, 6) is 0.0159. The van der Waals surface area contributed by atoms with Crippen molar-refractivity contribution in [1.29, 1.82) is 0 Å². The minimum absolute atomic E-state index is 0.0159. The second kappa shape index (κ2) is 11.5. The maximum Gasteiger partial charge on any atom is 0.410 e. The van der Waals surface area contributed by atoms with Gasteiger partial charge in [0.2, 0.25) is 0 Å². The van der Waals surface area contributed by atoms with Crippen LogP contribution in [0, 0.1) is 5.92 Å². The molecule has 0 aromatic rings. The third-order valence-electron chi connectivity index (χ3n) is 3.18. The van der Waals surface area contributed by atoms with Gasteiger partial charge in [-0.05, 0) is 65.8 Å². The number of nitrogens with zero attached hydrogens (tertiary/aromatic N) is 4. The van der Waals surface area contributed by atoms with Crippen molar-refractivity contribution in [1.82, 2.24) is 10.2 Å². The number of ether oxygens (including phenoxy) is 2. The van der Waals surface area contributed by atoms with Crippen LogP contribution >= 0.6 is 0 Å². The molecular formula is C18H35N5O4. The molecule has 0 aliphatic carbocycles. The van der Waals surface area contributed by atoms with Crippen LogP contribution in [-0.2, 0) is 9.47 Å². The summed E-state index contributed by atoms with van der Waals surface area (Å²) in [5, 5.41) is 6.22. The SMILES string of the molecule is CC(CNC(=O)OC(C)(C)C)CN(CCCCN=[N+]=[N-])C(=O)OC(C)(C)C. The Hall–Kier alpha value is -2.15. The van der Waals surface area contributed by atoms with E-state index in [1.54, 1.807) is 25.7 Å². The van der Waals surface area contributed by atoms with E-state index in [2.05, 4.69) is 15.3 Å². The van der Waals surface area contributed by atoms with E-state index in [9.17, 15) is 9.59 Å². The number of nitrogens with one attached hydrogen (secondary N) is 1. The van der Waals surface area contributed by atoms with Gasteiger partial charge < -0.3 is 19.7 Å².